The third kappa shape index (κ3) is 3.31. The molecule has 0 amide bonds. The predicted octanol–water partition coefficient (Wildman–Crippen LogP) is 4.93. The first-order valence-corrected chi connectivity index (χ1v) is 6.80. The van der Waals surface area contributed by atoms with E-state index in [1.807, 2.05) is 0 Å². The van der Waals surface area contributed by atoms with Gasteiger partial charge in [0.05, 0.1) is 14.4 Å². The highest BCUT2D eigenvalue weighted by Crippen LogP contribution is 2.31. The molecule has 0 spiro atoms. The van der Waals surface area contributed by atoms with Crippen LogP contribution in [0.3, 0.4) is 0 Å². The van der Waals surface area contributed by atoms with Gasteiger partial charge in [0.25, 0.3) is 0 Å². The van der Waals surface area contributed by atoms with Crippen LogP contribution in [0.15, 0.2) is 22.8 Å². The van der Waals surface area contributed by atoms with Crippen molar-refractivity contribution in [3.05, 3.63) is 43.0 Å². The molecule has 2 aromatic rings. The monoisotopic (exact) mass is 355 g/mol. The Bertz CT molecular complexity index is 549. The van der Waals surface area contributed by atoms with E-state index in [-0.39, 0.29) is 11.6 Å². The van der Waals surface area contributed by atoms with Crippen molar-refractivity contribution in [2.45, 2.75) is 6.61 Å². The Morgan fingerprint density at radius 1 is 1.41 bits per heavy atom. The number of thiazole rings is 1. The van der Waals surface area contributed by atoms with Gasteiger partial charge in [0.2, 0.25) is 0 Å². The number of hydrogen-bond donors (Lipinski definition) is 0. The summed E-state index contributed by atoms with van der Waals surface area (Å²) >= 11 is 15.9. The second-order valence-corrected chi connectivity index (χ2v) is 6.02. The fourth-order valence-electron chi connectivity index (χ4n) is 1.11. The molecule has 0 unspecified atom stereocenters. The van der Waals surface area contributed by atoms with Crippen LogP contribution in [0.2, 0.25) is 9.49 Å². The zero-order chi connectivity index (χ0) is 12.4. The van der Waals surface area contributed by atoms with Crippen molar-refractivity contribution in [3.8, 4) is 5.75 Å². The number of rotatable bonds is 3. The van der Waals surface area contributed by atoms with E-state index in [0.29, 0.717) is 14.7 Å². The summed E-state index contributed by atoms with van der Waals surface area (Å²) in [4.78, 5) is 4.74. The van der Waals surface area contributed by atoms with Crippen molar-refractivity contribution in [2.24, 2.45) is 0 Å². The summed E-state index contributed by atoms with van der Waals surface area (Å²) in [6, 6.07) is 2.68. The lowest BCUT2D eigenvalue weighted by Crippen LogP contribution is -1.94. The molecule has 1 aromatic heterocycles. The molecule has 0 fully saturated rings. The Kier molecular flexibility index (Phi) is 4.25. The van der Waals surface area contributed by atoms with Gasteiger partial charge in [0.1, 0.15) is 18.2 Å². The lowest BCUT2D eigenvalue weighted by atomic mass is 10.3. The molecular formula is C10H5BrCl2FNOS. The second-order valence-electron chi connectivity index (χ2n) is 3.06. The van der Waals surface area contributed by atoms with Crippen molar-refractivity contribution in [3.63, 3.8) is 0 Å². The molecule has 0 atom stereocenters. The Balaban J connectivity index is 2.11. The van der Waals surface area contributed by atoms with Crippen LogP contribution in [0, 0.1) is 5.82 Å². The topological polar surface area (TPSA) is 22.1 Å². The van der Waals surface area contributed by atoms with E-state index in [0.717, 1.165) is 4.88 Å². The highest BCUT2D eigenvalue weighted by Gasteiger charge is 2.09. The summed E-state index contributed by atoms with van der Waals surface area (Å²) in [5.41, 5.74) is 0. The van der Waals surface area contributed by atoms with Crippen molar-refractivity contribution >= 4 is 50.5 Å². The van der Waals surface area contributed by atoms with Crippen LogP contribution in [-0.4, -0.2) is 4.98 Å². The van der Waals surface area contributed by atoms with Crippen LogP contribution in [-0.2, 0) is 6.61 Å². The molecule has 0 saturated heterocycles. The predicted molar refractivity (Wildman–Crippen MR) is 70.6 cm³/mol. The van der Waals surface area contributed by atoms with E-state index in [1.54, 1.807) is 6.20 Å². The Labute approximate surface area is 119 Å². The van der Waals surface area contributed by atoms with Crippen molar-refractivity contribution < 1.29 is 9.13 Å². The zero-order valence-electron chi connectivity index (χ0n) is 8.21. The zero-order valence-corrected chi connectivity index (χ0v) is 12.1. The number of halogens is 4. The molecular weight excluding hydrogens is 352 g/mol. The minimum atomic E-state index is -0.521. The van der Waals surface area contributed by atoms with Gasteiger partial charge in [0.15, 0.2) is 4.47 Å². The summed E-state index contributed by atoms with van der Waals surface area (Å²) in [6.45, 7) is 0.282. The van der Waals surface area contributed by atoms with Crippen LogP contribution in [0.1, 0.15) is 4.88 Å². The molecule has 0 aliphatic rings. The second kappa shape index (κ2) is 5.52. The third-order valence-corrected chi connectivity index (χ3v) is 3.87. The van der Waals surface area contributed by atoms with Gasteiger partial charge >= 0.3 is 0 Å². The molecule has 0 aliphatic carbocycles. The maximum absolute atomic E-state index is 13.2. The highest BCUT2D eigenvalue weighted by molar-refractivity contribution is 9.10. The van der Waals surface area contributed by atoms with Gasteiger partial charge in [-0.25, -0.2) is 9.37 Å². The first-order chi connectivity index (χ1) is 8.06. The van der Waals surface area contributed by atoms with E-state index < -0.39 is 5.82 Å². The summed E-state index contributed by atoms with van der Waals surface area (Å²) in [6.07, 6.45) is 1.62. The van der Waals surface area contributed by atoms with Gasteiger partial charge in [0, 0.05) is 12.3 Å². The smallest absolute Gasteiger partial charge is 0.183 e. The molecule has 1 heterocycles. The average molecular weight is 357 g/mol. The molecule has 0 aliphatic heterocycles. The minimum absolute atomic E-state index is 0.0464. The molecule has 90 valence electrons. The minimum Gasteiger partial charge on any atom is -0.487 e. The lowest BCUT2D eigenvalue weighted by molar-refractivity contribution is 0.306. The van der Waals surface area contributed by atoms with Crippen molar-refractivity contribution in [2.75, 3.05) is 0 Å². The SMILES string of the molecule is Fc1cc(OCc2cnc(Cl)s2)c(Br)cc1Cl. The van der Waals surface area contributed by atoms with Crippen LogP contribution < -0.4 is 4.74 Å². The summed E-state index contributed by atoms with van der Waals surface area (Å²) in [5.74, 6) is -0.136. The Morgan fingerprint density at radius 2 is 2.18 bits per heavy atom. The normalized spacial score (nSPS) is 10.6. The van der Waals surface area contributed by atoms with Gasteiger partial charge in [-0.05, 0) is 22.0 Å². The van der Waals surface area contributed by atoms with Gasteiger partial charge in [-0.1, -0.05) is 23.2 Å². The van der Waals surface area contributed by atoms with Crippen LogP contribution in [0.25, 0.3) is 0 Å². The molecule has 1 aromatic carbocycles. The van der Waals surface area contributed by atoms with Gasteiger partial charge in [-0.3, -0.25) is 0 Å². The van der Waals surface area contributed by atoms with Crippen LogP contribution in [0.5, 0.6) is 5.75 Å². The third-order valence-electron chi connectivity index (χ3n) is 1.87. The molecule has 17 heavy (non-hydrogen) atoms. The summed E-state index contributed by atoms with van der Waals surface area (Å²) < 4.78 is 19.7. The molecule has 7 heteroatoms. The first-order valence-electron chi connectivity index (χ1n) is 4.44. The summed E-state index contributed by atoms with van der Waals surface area (Å²) in [7, 11) is 0. The van der Waals surface area contributed by atoms with E-state index in [4.69, 9.17) is 27.9 Å². The standard InChI is InChI=1S/C10H5BrCl2FNOS/c11-6-1-7(12)8(14)2-9(6)16-4-5-3-15-10(13)17-5/h1-3H,4H2. The molecule has 0 saturated carbocycles. The van der Waals surface area contributed by atoms with Crippen LogP contribution in [0.4, 0.5) is 4.39 Å². The number of ether oxygens (including phenoxy) is 1. The molecule has 0 N–H and O–H groups in total. The van der Waals surface area contributed by atoms with Crippen molar-refractivity contribution in [1.82, 2.24) is 4.98 Å². The van der Waals surface area contributed by atoms with Gasteiger partial charge in [-0.2, -0.15) is 0 Å². The first kappa shape index (κ1) is 13.1. The van der Waals surface area contributed by atoms with E-state index in [1.165, 1.54) is 23.5 Å². The quantitative estimate of drug-likeness (QED) is 0.727. The van der Waals surface area contributed by atoms with E-state index >= 15 is 0 Å². The molecule has 2 nitrogen and oxygen atoms in total. The molecule has 0 bridgehead atoms. The van der Waals surface area contributed by atoms with Gasteiger partial charge < -0.3 is 4.74 Å². The molecule has 0 radical (unpaired) electrons. The summed E-state index contributed by atoms with van der Waals surface area (Å²) in [5, 5.41) is 0.0464. The maximum atomic E-state index is 13.2. The van der Waals surface area contributed by atoms with E-state index in [9.17, 15) is 4.39 Å². The largest absolute Gasteiger partial charge is 0.487 e. The van der Waals surface area contributed by atoms with Crippen LogP contribution >= 0.6 is 50.5 Å². The number of benzene rings is 1. The lowest BCUT2D eigenvalue weighted by Gasteiger charge is -2.07. The fourth-order valence-corrected chi connectivity index (χ4v) is 2.76. The maximum Gasteiger partial charge on any atom is 0.183 e. The van der Waals surface area contributed by atoms with Gasteiger partial charge in [-0.15, -0.1) is 11.3 Å². The fraction of sp³-hybridized carbons (Fsp3) is 0.100. The average Bonchev–Trinajstić information content (AvgIpc) is 2.68. The van der Waals surface area contributed by atoms with E-state index in [2.05, 4.69) is 20.9 Å². The Hall–Kier alpha value is -0.360. The van der Waals surface area contributed by atoms with Crippen molar-refractivity contribution in [1.29, 1.82) is 0 Å². The molecule has 2 rings (SSSR count). The Morgan fingerprint density at radius 3 is 2.82 bits per heavy atom. The number of hydrogen-bond acceptors (Lipinski definition) is 3. The highest BCUT2D eigenvalue weighted by atomic mass is 79.9. The number of nitrogens with zero attached hydrogens (tertiary/aromatic N) is 1. The number of aromatic nitrogens is 1.